The number of rotatable bonds is 11. The number of halogens is 4. The monoisotopic (exact) mass is 670 g/mol. The SMILES string of the molecule is Cc1nc(F)ccc1C(c1cn(C2(C(F)F)CC2)nn1)N(C(=O)OCCCO)c1cc(Cl)c2ncc(C#N)c(NCC(C)(C)C)c2c1. The van der Waals surface area contributed by atoms with Crippen LogP contribution in [0.3, 0.4) is 0 Å². The van der Waals surface area contributed by atoms with Crippen LogP contribution in [0.1, 0.15) is 68.6 Å². The van der Waals surface area contributed by atoms with Gasteiger partial charge in [0.15, 0.2) is 0 Å². The topological polar surface area (TPSA) is 142 Å². The summed E-state index contributed by atoms with van der Waals surface area (Å²) in [5.41, 5.74) is 0.112. The molecule has 0 aliphatic heterocycles. The lowest BCUT2D eigenvalue weighted by molar-refractivity contribution is 0.0593. The van der Waals surface area contributed by atoms with Crippen LogP contribution in [0.5, 0.6) is 0 Å². The number of carbonyl (C=O) groups excluding carboxylic acids is 1. The van der Waals surface area contributed by atoms with Gasteiger partial charge in [0, 0.05) is 42.4 Å². The molecule has 0 bridgehead atoms. The predicted octanol–water partition coefficient (Wildman–Crippen LogP) is 6.52. The molecule has 5 rings (SSSR count). The number of nitrogens with zero attached hydrogens (tertiary/aromatic N) is 7. The molecule has 2 N–H and O–H groups in total. The Kier molecular flexibility index (Phi) is 9.60. The number of ether oxygens (including phenoxy) is 1. The number of aryl methyl sites for hydroxylation is 1. The van der Waals surface area contributed by atoms with E-state index in [1.807, 2.05) is 20.8 Å². The highest BCUT2D eigenvalue weighted by molar-refractivity contribution is 6.36. The summed E-state index contributed by atoms with van der Waals surface area (Å²) in [6.45, 7) is 7.69. The van der Waals surface area contributed by atoms with Crippen LogP contribution in [0.25, 0.3) is 10.9 Å². The van der Waals surface area contributed by atoms with Crippen LogP contribution in [0.4, 0.5) is 29.3 Å². The fourth-order valence-electron chi connectivity index (χ4n) is 5.22. The van der Waals surface area contributed by atoms with Crippen LogP contribution in [0.2, 0.25) is 5.02 Å². The Morgan fingerprint density at radius 2 is 2.04 bits per heavy atom. The van der Waals surface area contributed by atoms with Crippen molar-refractivity contribution in [2.24, 2.45) is 5.41 Å². The molecule has 4 aromatic rings. The Morgan fingerprint density at radius 3 is 2.66 bits per heavy atom. The van der Waals surface area contributed by atoms with E-state index < -0.39 is 30.0 Å². The first-order valence-corrected chi connectivity index (χ1v) is 15.3. The summed E-state index contributed by atoms with van der Waals surface area (Å²) in [4.78, 5) is 23.6. The average Bonchev–Trinajstić information content (AvgIpc) is 3.69. The quantitative estimate of drug-likeness (QED) is 0.135. The first-order chi connectivity index (χ1) is 22.3. The van der Waals surface area contributed by atoms with Gasteiger partial charge in [0.25, 0.3) is 6.43 Å². The molecule has 0 radical (unpaired) electrons. The van der Waals surface area contributed by atoms with Crippen LogP contribution in [0, 0.1) is 29.6 Å². The lowest BCUT2D eigenvalue weighted by atomic mass is 9.96. The molecule has 1 saturated carbocycles. The van der Waals surface area contributed by atoms with Crippen molar-refractivity contribution in [1.82, 2.24) is 25.0 Å². The van der Waals surface area contributed by atoms with Gasteiger partial charge in [0.2, 0.25) is 5.95 Å². The summed E-state index contributed by atoms with van der Waals surface area (Å²) in [6, 6.07) is 6.56. The number of anilines is 2. The van der Waals surface area contributed by atoms with Crippen molar-refractivity contribution in [3.63, 3.8) is 0 Å². The number of nitriles is 1. The number of carbonyl (C=O) groups is 1. The first kappa shape index (κ1) is 33.9. The maximum Gasteiger partial charge on any atom is 0.415 e. The van der Waals surface area contributed by atoms with Gasteiger partial charge in [-0.3, -0.25) is 9.88 Å². The van der Waals surface area contributed by atoms with Crippen molar-refractivity contribution in [1.29, 1.82) is 5.26 Å². The third-order valence-electron chi connectivity index (χ3n) is 7.89. The highest BCUT2D eigenvalue weighted by Gasteiger charge is 2.54. The Labute approximate surface area is 274 Å². The normalized spacial score (nSPS) is 14.6. The number of aliphatic hydroxyl groups is 1. The minimum atomic E-state index is -2.70. The fourth-order valence-corrected chi connectivity index (χ4v) is 5.48. The van der Waals surface area contributed by atoms with Gasteiger partial charge in [-0.2, -0.15) is 9.65 Å². The number of aromatic nitrogens is 5. The first-order valence-electron chi connectivity index (χ1n) is 15.0. The third kappa shape index (κ3) is 6.96. The highest BCUT2D eigenvalue weighted by atomic mass is 35.5. The molecule has 47 heavy (non-hydrogen) atoms. The lowest BCUT2D eigenvalue weighted by Crippen LogP contribution is -2.37. The predicted molar refractivity (Wildman–Crippen MR) is 169 cm³/mol. The molecule has 3 heterocycles. The van der Waals surface area contributed by atoms with E-state index >= 15 is 0 Å². The number of benzene rings is 1. The summed E-state index contributed by atoms with van der Waals surface area (Å²) in [6.07, 6.45) is -0.323. The van der Waals surface area contributed by atoms with Crippen LogP contribution in [-0.2, 0) is 10.3 Å². The van der Waals surface area contributed by atoms with E-state index in [-0.39, 0.29) is 65.6 Å². The zero-order valence-electron chi connectivity index (χ0n) is 26.3. The number of aliphatic hydroxyl groups excluding tert-OH is 1. The van der Waals surface area contributed by atoms with E-state index in [2.05, 4.69) is 31.7 Å². The van der Waals surface area contributed by atoms with Gasteiger partial charge < -0.3 is 15.2 Å². The van der Waals surface area contributed by atoms with Crippen molar-refractivity contribution >= 4 is 40.0 Å². The number of hydrogen-bond acceptors (Lipinski definition) is 9. The molecule has 11 nitrogen and oxygen atoms in total. The minimum Gasteiger partial charge on any atom is -0.449 e. The second-order valence-corrected chi connectivity index (χ2v) is 13.1. The summed E-state index contributed by atoms with van der Waals surface area (Å²) in [7, 11) is 0. The van der Waals surface area contributed by atoms with Gasteiger partial charge in [-0.1, -0.05) is 43.7 Å². The third-order valence-corrected chi connectivity index (χ3v) is 8.18. The number of nitrogens with one attached hydrogen (secondary N) is 1. The fraction of sp³-hybridized carbons (Fsp3) is 0.438. The van der Waals surface area contributed by atoms with Crippen LogP contribution in [-0.4, -0.2) is 62.3 Å². The Bertz CT molecular complexity index is 1830. The molecule has 1 unspecified atom stereocenters. The molecular formula is C32H34ClF3N8O3. The van der Waals surface area contributed by atoms with Gasteiger partial charge in [-0.15, -0.1) is 5.10 Å². The van der Waals surface area contributed by atoms with Crippen molar-refractivity contribution in [2.75, 3.05) is 30.0 Å². The molecule has 248 valence electrons. The largest absolute Gasteiger partial charge is 0.449 e. The summed E-state index contributed by atoms with van der Waals surface area (Å²) in [5, 5.41) is 31.4. The summed E-state index contributed by atoms with van der Waals surface area (Å²) >= 11 is 6.79. The number of hydrogen-bond donors (Lipinski definition) is 2. The average molecular weight is 671 g/mol. The molecule has 1 aliphatic carbocycles. The molecule has 15 heteroatoms. The van der Waals surface area contributed by atoms with Gasteiger partial charge >= 0.3 is 6.09 Å². The molecule has 1 aliphatic rings. The van der Waals surface area contributed by atoms with Crippen molar-refractivity contribution in [2.45, 2.75) is 65.0 Å². The maximum absolute atomic E-state index is 14.2. The number of pyridine rings is 2. The van der Waals surface area contributed by atoms with E-state index in [9.17, 15) is 28.3 Å². The zero-order chi connectivity index (χ0) is 34.1. The minimum absolute atomic E-state index is 0.0822. The summed E-state index contributed by atoms with van der Waals surface area (Å²) < 4.78 is 49.0. The van der Waals surface area contributed by atoms with Crippen LogP contribution < -0.4 is 10.2 Å². The molecule has 0 saturated heterocycles. The molecule has 1 fully saturated rings. The molecule has 1 aromatic carbocycles. The lowest BCUT2D eigenvalue weighted by Gasteiger charge is -2.31. The number of amides is 1. The van der Waals surface area contributed by atoms with E-state index in [1.165, 1.54) is 36.4 Å². The van der Waals surface area contributed by atoms with Crippen LogP contribution in [0.15, 0.2) is 36.7 Å². The van der Waals surface area contributed by atoms with Gasteiger partial charge in [0.1, 0.15) is 23.3 Å². The van der Waals surface area contributed by atoms with Crippen molar-refractivity contribution in [3.8, 4) is 6.07 Å². The zero-order valence-corrected chi connectivity index (χ0v) is 27.0. The van der Waals surface area contributed by atoms with Crippen molar-refractivity contribution in [3.05, 3.63) is 70.1 Å². The van der Waals surface area contributed by atoms with Gasteiger partial charge in [-0.05, 0) is 43.4 Å². The number of fused-ring (bicyclic) bond motifs is 1. The number of alkyl halides is 2. The maximum atomic E-state index is 14.2. The Balaban J connectivity index is 1.75. The second-order valence-electron chi connectivity index (χ2n) is 12.7. The molecule has 1 amide bonds. The molecule has 1 atom stereocenters. The van der Waals surface area contributed by atoms with E-state index in [4.69, 9.17) is 16.3 Å². The Hall–Kier alpha value is -4.48. The Morgan fingerprint density at radius 1 is 1.30 bits per heavy atom. The molecule has 0 spiro atoms. The standard InChI is InChI=1S/C32H34ClF3N8O3/c1-18-21(6-7-25(34)40-18)28(24-16-43(42-41-24)32(8-9-32)29(35)36)44(30(46)47-11-5-10-45)20-12-22-26(39-17-31(2,3)4)19(14-37)15-38-27(22)23(33)13-20/h6-7,12-13,15-16,28-29,45H,5,8-11,17H2,1-4H3,(H,38,39). The summed E-state index contributed by atoms with van der Waals surface area (Å²) in [5.74, 6) is -0.765. The van der Waals surface area contributed by atoms with E-state index in [1.54, 1.807) is 6.07 Å². The van der Waals surface area contributed by atoms with Gasteiger partial charge in [-0.25, -0.2) is 23.2 Å². The van der Waals surface area contributed by atoms with E-state index in [0.29, 0.717) is 28.7 Å². The highest BCUT2D eigenvalue weighted by Crippen LogP contribution is 2.48. The second kappa shape index (κ2) is 13.3. The van der Waals surface area contributed by atoms with Crippen molar-refractivity contribution < 1.29 is 27.8 Å². The van der Waals surface area contributed by atoms with Gasteiger partial charge in [0.05, 0.1) is 40.3 Å². The van der Waals surface area contributed by atoms with E-state index in [0.717, 1.165) is 10.7 Å². The van der Waals surface area contributed by atoms with Crippen LogP contribution >= 0.6 is 11.6 Å². The smallest absolute Gasteiger partial charge is 0.415 e. The molecular weight excluding hydrogens is 637 g/mol. The molecule has 3 aromatic heterocycles.